The highest BCUT2D eigenvalue weighted by Gasteiger charge is 2.04. The van der Waals surface area contributed by atoms with Gasteiger partial charge in [-0.15, -0.1) is 0 Å². The first-order valence-electron chi connectivity index (χ1n) is 5.43. The number of halogens is 1. The van der Waals surface area contributed by atoms with Crippen LogP contribution in [0.1, 0.15) is 32.4 Å². The Labute approximate surface area is 100 Å². The number of hydrogen-bond donors (Lipinski definition) is 0. The molecule has 0 atom stereocenters. The molecule has 0 aliphatic carbocycles. The number of pyridine rings is 1. The lowest BCUT2D eigenvalue weighted by Crippen LogP contribution is -2.10. The van der Waals surface area contributed by atoms with Crippen molar-refractivity contribution >= 4 is 15.9 Å². The van der Waals surface area contributed by atoms with E-state index in [4.69, 9.17) is 4.74 Å². The zero-order chi connectivity index (χ0) is 11.1. The molecular formula is C12H18BrNO. The van der Waals surface area contributed by atoms with Crippen LogP contribution in [-0.4, -0.2) is 11.6 Å². The molecule has 1 aromatic heterocycles. The molecule has 15 heavy (non-hydrogen) atoms. The summed E-state index contributed by atoms with van der Waals surface area (Å²) in [6, 6.07) is 3.96. The molecule has 1 aromatic rings. The standard InChI is InChI=1S/C12H18BrNO/c1-3-10(4-2)9-15-12-6-5-11(7-13)14-8-12/h5-6,8,10H,3-4,7,9H2,1-2H3. The monoisotopic (exact) mass is 271 g/mol. The van der Waals surface area contributed by atoms with Crippen molar-refractivity contribution in [3.05, 3.63) is 24.0 Å². The second-order valence-electron chi connectivity index (χ2n) is 3.61. The Hall–Kier alpha value is -0.570. The summed E-state index contributed by atoms with van der Waals surface area (Å²) in [5.74, 6) is 1.52. The molecule has 1 rings (SSSR count). The van der Waals surface area contributed by atoms with Gasteiger partial charge in [0.2, 0.25) is 0 Å². The summed E-state index contributed by atoms with van der Waals surface area (Å²) in [7, 11) is 0. The van der Waals surface area contributed by atoms with Gasteiger partial charge in [-0.3, -0.25) is 4.98 Å². The fourth-order valence-corrected chi connectivity index (χ4v) is 1.65. The molecule has 0 amide bonds. The summed E-state index contributed by atoms with van der Waals surface area (Å²) in [4.78, 5) is 4.25. The van der Waals surface area contributed by atoms with Gasteiger partial charge >= 0.3 is 0 Å². The molecule has 3 heteroatoms. The third-order valence-electron chi connectivity index (χ3n) is 2.57. The Morgan fingerprint density at radius 2 is 2.07 bits per heavy atom. The molecule has 0 aromatic carbocycles. The van der Waals surface area contributed by atoms with Crippen LogP contribution in [0.15, 0.2) is 18.3 Å². The van der Waals surface area contributed by atoms with Crippen LogP contribution >= 0.6 is 15.9 Å². The highest BCUT2D eigenvalue weighted by molar-refractivity contribution is 9.08. The van der Waals surface area contributed by atoms with Gasteiger partial charge in [0.05, 0.1) is 18.5 Å². The molecule has 0 radical (unpaired) electrons. The highest BCUT2D eigenvalue weighted by atomic mass is 79.9. The van der Waals surface area contributed by atoms with Crippen LogP contribution in [-0.2, 0) is 5.33 Å². The van der Waals surface area contributed by atoms with E-state index in [1.165, 1.54) is 12.8 Å². The molecule has 0 bridgehead atoms. The highest BCUT2D eigenvalue weighted by Crippen LogP contribution is 2.14. The van der Waals surface area contributed by atoms with Crippen molar-refractivity contribution in [1.29, 1.82) is 0 Å². The van der Waals surface area contributed by atoms with E-state index < -0.39 is 0 Å². The quantitative estimate of drug-likeness (QED) is 0.735. The largest absolute Gasteiger partial charge is 0.492 e. The van der Waals surface area contributed by atoms with Gasteiger partial charge in [0.15, 0.2) is 0 Å². The lowest BCUT2D eigenvalue weighted by atomic mass is 10.1. The lowest BCUT2D eigenvalue weighted by Gasteiger charge is -2.13. The van der Waals surface area contributed by atoms with E-state index >= 15 is 0 Å². The van der Waals surface area contributed by atoms with Crippen molar-refractivity contribution in [1.82, 2.24) is 4.98 Å². The smallest absolute Gasteiger partial charge is 0.137 e. The molecule has 0 unspecified atom stereocenters. The Bertz CT molecular complexity index is 269. The average molecular weight is 272 g/mol. The van der Waals surface area contributed by atoms with Crippen LogP contribution in [0.5, 0.6) is 5.75 Å². The third kappa shape index (κ3) is 4.20. The molecule has 0 aliphatic rings. The normalized spacial score (nSPS) is 10.7. The molecule has 0 aliphatic heterocycles. The first kappa shape index (κ1) is 12.5. The van der Waals surface area contributed by atoms with E-state index in [0.29, 0.717) is 5.92 Å². The van der Waals surface area contributed by atoms with Crippen LogP contribution < -0.4 is 4.74 Å². The van der Waals surface area contributed by atoms with Crippen molar-refractivity contribution in [2.75, 3.05) is 6.61 Å². The Balaban J connectivity index is 2.43. The van der Waals surface area contributed by atoms with Gasteiger partial charge in [0, 0.05) is 5.33 Å². The summed E-state index contributed by atoms with van der Waals surface area (Å²) < 4.78 is 5.67. The van der Waals surface area contributed by atoms with Gasteiger partial charge in [-0.25, -0.2) is 0 Å². The second kappa shape index (κ2) is 6.83. The first-order valence-corrected chi connectivity index (χ1v) is 6.56. The van der Waals surface area contributed by atoms with Crippen molar-refractivity contribution in [3.63, 3.8) is 0 Å². The van der Waals surface area contributed by atoms with Crippen molar-refractivity contribution in [2.45, 2.75) is 32.0 Å². The summed E-state index contributed by atoms with van der Waals surface area (Å²) in [6.45, 7) is 5.19. The van der Waals surface area contributed by atoms with E-state index in [1.54, 1.807) is 6.20 Å². The maximum absolute atomic E-state index is 5.67. The number of ether oxygens (including phenoxy) is 1. The van der Waals surface area contributed by atoms with Crippen LogP contribution in [0.4, 0.5) is 0 Å². The predicted octanol–water partition coefficient (Wildman–Crippen LogP) is 3.79. The Morgan fingerprint density at radius 3 is 2.53 bits per heavy atom. The molecule has 2 nitrogen and oxygen atoms in total. The van der Waals surface area contributed by atoms with Gasteiger partial charge < -0.3 is 4.74 Å². The predicted molar refractivity (Wildman–Crippen MR) is 66.4 cm³/mol. The SMILES string of the molecule is CCC(CC)COc1ccc(CBr)nc1. The number of hydrogen-bond acceptors (Lipinski definition) is 2. The minimum Gasteiger partial charge on any atom is -0.492 e. The van der Waals surface area contributed by atoms with E-state index in [0.717, 1.165) is 23.4 Å². The van der Waals surface area contributed by atoms with Crippen molar-refractivity contribution in [3.8, 4) is 5.75 Å². The number of nitrogens with zero attached hydrogens (tertiary/aromatic N) is 1. The third-order valence-corrected chi connectivity index (χ3v) is 3.15. The summed E-state index contributed by atoms with van der Waals surface area (Å²) in [5, 5.41) is 0.791. The molecule has 0 fully saturated rings. The number of rotatable bonds is 6. The molecule has 84 valence electrons. The topological polar surface area (TPSA) is 22.1 Å². The van der Waals surface area contributed by atoms with Gasteiger partial charge in [0.25, 0.3) is 0 Å². The molecule has 0 spiro atoms. The summed E-state index contributed by atoms with van der Waals surface area (Å²) in [6.07, 6.45) is 4.13. The summed E-state index contributed by atoms with van der Waals surface area (Å²) >= 11 is 3.36. The minimum absolute atomic E-state index is 0.654. The zero-order valence-electron chi connectivity index (χ0n) is 9.37. The molecule has 0 N–H and O–H groups in total. The number of aromatic nitrogens is 1. The number of alkyl halides is 1. The average Bonchev–Trinajstić information content (AvgIpc) is 2.31. The van der Waals surface area contributed by atoms with E-state index in [1.807, 2.05) is 12.1 Å². The fraction of sp³-hybridized carbons (Fsp3) is 0.583. The maximum atomic E-state index is 5.67. The maximum Gasteiger partial charge on any atom is 0.137 e. The Kier molecular flexibility index (Phi) is 5.69. The van der Waals surface area contributed by atoms with E-state index in [2.05, 4.69) is 34.8 Å². The fourth-order valence-electron chi connectivity index (χ4n) is 1.31. The second-order valence-corrected chi connectivity index (χ2v) is 4.17. The molecule has 0 saturated carbocycles. The van der Waals surface area contributed by atoms with Gasteiger partial charge in [-0.2, -0.15) is 0 Å². The van der Waals surface area contributed by atoms with Crippen LogP contribution in [0.25, 0.3) is 0 Å². The molecular weight excluding hydrogens is 254 g/mol. The van der Waals surface area contributed by atoms with Crippen molar-refractivity contribution < 1.29 is 4.74 Å². The van der Waals surface area contributed by atoms with Crippen LogP contribution in [0.2, 0.25) is 0 Å². The van der Waals surface area contributed by atoms with Crippen LogP contribution in [0, 0.1) is 5.92 Å². The van der Waals surface area contributed by atoms with Gasteiger partial charge in [-0.1, -0.05) is 42.6 Å². The minimum atomic E-state index is 0.654. The zero-order valence-corrected chi connectivity index (χ0v) is 11.0. The molecule has 1 heterocycles. The molecule has 0 saturated heterocycles. The lowest BCUT2D eigenvalue weighted by molar-refractivity contribution is 0.240. The van der Waals surface area contributed by atoms with Gasteiger partial charge in [-0.05, 0) is 18.1 Å². The first-order chi connectivity index (χ1) is 7.30. The van der Waals surface area contributed by atoms with Gasteiger partial charge in [0.1, 0.15) is 5.75 Å². The van der Waals surface area contributed by atoms with E-state index in [9.17, 15) is 0 Å². The van der Waals surface area contributed by atoms with Crippen LogP contribution in [0.3, 0.4) is 0 Å². The summed E-state index contributed by atoms with van der Waals surface area (Å²) in [5.41, 5.74) is 1.03. The van der Waals surface area contributed by atoms with E-state index in [-0.39, 0.29) is 0 Å². The Morgan fingerprint density at radius 1 is 1.33 bits per heavy atom. The van der Waals surface area contributed by atoms with Crippen molar-refractivity contribution in [2.24, 2.45) is 5.92 Å².